The minimum atomic E-state index is -3.37. The summed E-state index contributed by atoms with van der Waals surface area (Å²) in [5.74, 6) is -1.84. The van der Waals surface area contributed by atoms with Gasteiger partial charge in [-0.25, -0.2) is 0 Å². The van der Waals surface area contributed by atoms with E-state index in [-0.39, 0.29) is 16.8 Å². The van der Waals surface area contributed by atoms with E-state index in [0.717, 1.165) is 23.0 Å². The third-order valence-corrected chi connectivity index (χ3v) is 11.2. The van der Waals surface area contributed by atoms with Crippen molar-refractivity contribution in [3.05, 3.63) is 83.4 Å². The molecule has 5 atom stereocenters. The maximum absolute atomic E-state index is 13.8. The van der Waals surface area contributed by atoms with Gasteiger partial charge < -0.3 is 25.9 Å². The summed E-state index contributed by atoms with van der Waals surface area (Å²) in [6, 6.07) is 11.3. The highest BCUT2D eigenvalue weighted by Crippen LogP contribution is 2.54. The molecule has 4 N–H and O–H groups in total. The van der Waals surface area contributed by atoms with E-state index in [2.05, 4.69) is 48.0 Å². The molecule has 0 amide bonds. The van der Waals surface area contributed by atoms with Crippen LogP contribution in [-0.4, -0.2) is 59.7 Å². The van der Waals surface area contributed by atoms with E-state index in [1.165, 1.54) is 76.6 Å². The summed E-state index contributed by atoms with van der Waals surface area (Å²) in [4.78, 5) is 12.8. The van der Waals surface area contributed by atoms with Crippen LogP contribution in [0.5, 0.6) is 0 Å². The number of carbonyl (C=O) groups is 1. The number of nitrogens with two attached hydrogens (primary N) is 2. The number of rotatable bonds is 6. The third kappa shape index (κ3) is 8.85. The number of aldehydes is 1. The number of alkyl halides is 2. The van der Waals surface area contributed by atoms with Gasteiger partial charge in [-0.05, 0) is 99.8 Å². The molecule has 2 aromatic rings. The number of hydrogen-bond donors (Lipinski definition) is 2. The third-order valence-electron chi connectivity index (χ3n) is 9.54. The molecule has 0 aromatic heterocycles. The van der Waals surface area contributed by atoms with Gasteiger partial charge in [-0.3, -0.25) is 0 Å². The second-order valence-electron chi connectivity index (χ2n) is 13.0. The predicted octanol–water partition coefficient (Wildman–Crippen LogP) is 7.57. The highest BCUT2D eigenvalue weighted by atomic mass is 35.5. The summed E-state index contributed by atoms with van der Waals surface area (Å²) in [6.45, 7) is 2.36. The first-order chi connectivity index (χ1) is 21.6. The molecule has 5 nitrogen and oxygen atoms in total. The monoisotopic (exact) mass is 657 g/mol. The second kappa shape index (κ2) is 15.2. The number of thioether (sulfide) groups is 1. The molecular weight excluding hydrogens is 612 g/mol. The Kier molecular flexibility index (Phi) is 11.6. The molecule has 7 aliphatic rings. The number of halogens is 3. The number of piperidine rings is 1. The van der Waals surface area contributed by atoms with Crippen LogP contribution in [0, 0.1) is 11.8 Å². The van der Waals surface area contributed by atoms with Crippen LogP contribution in [0.25, 0.3) is 11.1 Å². The van der Waals surface area contributed by atoms with Crippen LogP contribution in [0.15, 0.2) is 72.8 Å². The fraction of sp³-hybridized carbons (Fsp3) is 0.528. The van der Waals surface area contributed by atoms with Crippen molar-refractivity contribution in [2.24, 2.45) is 23.3 Å². The first-order valence-corrected chi connectivity index (χ1v) is 17.5. The maximum atomic E-state index is 13.8. The Morgan fingerprint density at radius 2 is 1.60 bits per heavy atom. The fourth-order valence-corrected chi connectivity index (χ4v) is 8.47. The molecular formula is C36H46ClF2N3O2S. The Hall–Kier alpha value is -2.07. The number of allylic oxidation sites excluding steroid dienone is 2. The van der Waals surface area contributed by atoms with Crippen molar-refractivity contribution in [2.75, 3.05) is 20.1 Å². The molecule has 45 heavy (non-hydrogen) atoms. The lowest BCUT2D eigenvalue weighted by Gasteiger charge is -2.36. The predicted molar refractivity (Wildman–Crippen MR) is 181 cm³/mol. The molecule has 3 fully saturated rings. The van der Waals surface area contributed by atoms with Crippen LogP contribution in [0.4, 0.5) is 8.78 Å². The summed E-state index contributed by atoms with van der Waals surface area (Å²) in [7, 11) is 2.14. The first kappa shape index (κ1) is 34.3. The number of nitrogens with zero attached hydrogens (tertiary/aromatic N) is 1. The number of hydrogen-bond acceptors (Lipinski definition) is 6. The number of ether oxygens (including phenoxy) is 1. The maximum Gasteiger partial charge on any atom is 0.294 e. The highest BCUT2D eigenvalue weighted by molar-refractivity contribution is 8.01. The first-order valence-electron chi connectivity index (χ1n) is 16.2. The molecule has 3 aliphatic carbocycles. The van der Waals surface area contributed by atoms with Crippen LogP contribution in [0.1, 0.15) is 56.9 Å². The Morgan fingerprint density at radius 3 is 2.20 bits per heavy atom. The van der Waals surface area contributed by atoms with Crippen molar-refractivity contribution in [3.8, 4) is 11.1 Å². The molecule has 2 saturated heterocycles. The van der Waals surface area contributed by atoms with Gasteiger partial charge in [0, 0.05) is 21.9 Å². The van der Waals surface area contributed by atoms with Gasteiger partial charge in [-0.15, -0.1) is 11.8 Å². The summed E-state index contributed by atoms with van der Waals surface area (Å²) in [5, 5.41) is 1.30. The molecule has 1 saturated carbocycles. The molecule has 9 rings (SSSR count). The Balaban J connectivity index is 0.000000145. The standard InChI is InChI=1S/C15H12ClF2NO.C15H20OS.C6H14N2/c16-13-7-3-11(4-8-13)10-1-5-12(6-2-10)15(17,18)14(19)9-20;1-2-4-13(3-1)16-15-8-7-11-9-14(17-15)6-5-12(11)10-15;1-8-4-2-6(7)3-5-8/h1-9,14H,19H2;5-8,11-14H,1-4,9-10H2;6H,2-5,7H2,1H3/t14-;11?,12?,14?,15-;/m11./s1. The van der Waals surface area contributed by atoms with E-state index in [9.17, 15) is 13.6 Å². The largest absolute Gasteiger partial charge is 0.357 e. The Labute approximate surface area is 275 Å². The van der Waals surface area contributed by atoms with Gasteiger partial charge in [0.2, 0.25) is 0 Å². The topological polar surface area (TPSA) is 81.6 Å². The van der Waals surface area contributed by atoms with Gasteiger partial charge in [0.05, 0.1) is 6.10 Å². The van der Waals surface area contributed by atoms with Crippen molar-refractivity contribution in [2.45, 2.75) is 85.7 Å². The lowest BCUT2D eigenvalue weighted by molar-refractivity contribution is -0.118. The van der Waals surface area contributed by atoms with Crippen molar-refractivity contribution < 1.29 is 18.3 Å². The van der Waals surface area contributed by atoms with E-state index < -0.39 is 12.0 Å². The number of benzene rings is 2. The van der Waals surface area contributed by atoms with Crippen LogP contribution < -0.4 is 11.5 Å². The zero-order chi connectivity index (χ0) is 32.0. The van der Waals surface area contributed by atoms with E-state index in [0.29, 0.717) is 22.4 Å². The smallest absolute Gasteiger partial charge is 0.294 e. The average Bonchev–Trinajstić information content (AvgIpc) is 3.37. The number of likely N-dealkylation sites (tertiary alicyclic amines) is 1. The molecule has 0 radical (unpaired) electrons. The lowest BCUT2D eigenvalue weighted by atomic mass is 9.77. The second-order valence-corrected chi connectivity index (χ2v) is 15.0. The van der Waals surface area contributed by atoms with Gasteiger partial charge in [-0.2, -0.15) is 8.78 Å². The minimum absolute atomic E-state index is 0.0147. The SMILES string of the molecule is C1=CC2C[C@@]3(OC4CCCC4)C=CC2CC1S3.CN1CCC(N)CC1.N[C@H](C=O)C(F)(F)c1ccc(-c2ccc(Cl)cc2)cc1. The van der Waals surface area contributed by atoms with Crippen LogP contribution >= 0.6 is 23.4 Å². The highest BCUT2D eigenvalue weighted by Gasteiger charge is 2.46. The molecule has 3 unspecified atom stereocenters. The van der Waals surface area contributed by atoms with Gasteiger partial charge in [0.25, 0.3) is 5.92 Å². The molecule has 4 heterocycles. The summed E-state index contributed by atoms with van der Waals surface area (Å²) in [6.07, 6.45) is 20.5. The van der Waals surface area contributed by atoms with E-state index in [4.69, 9.17) is 27.8 Å². The molecule has 244 valence electrons. The average molecular weight is 658 g/mol. The summed E-state index contributed by atoms with van der Waals surface area (Å²) >= 11 is 7.86. The van der Waals surface area contributed by atoms with Gasteiger partial charge >= 0.3 is 0 Å². The molecule has 4 bridgehead atoms. The van der Waals surface area contributed by atoms with Crippen molar-refractivity contribution >= 4 is 29.6 Å². The molecule has 4 aliphatic heterocycles. The van der Waals surface area contributed by atoms with Crippen LogP contribution in [0.3, 0.4) is 0 Å². The number of carbonyl (C=O) groups excluding carboxylic acids is 1. The molecule has 9 heteroatoms. The normalized spacial score (nSPS) is 28.5. The van der Waals surface area contributed by atoms with Crippen molar-refractivity contribution in [3.63, 3.8) is 0 Å². The van der Waals surface area contributed by atoms with E-state index in [1.807, 2.05) is 0 Å². The molecule has 2 aromatic carbocycles. The van der Waals surface area contributed by atoms with Crippen molar-refractivity contribution in [1.82, 2.24) is 4.90 Å². The fourth-order valence-electron chi connectivity index (χ4n) is 6.71. The van der Waals surface area contributed by atoms with E-state index >= 15 is 0 Å². The van der Waals surface area contributed by atoms with Crippen LogP contribution in [-0.2, 0) is 15.5 Å². The van der Waals surface area contributed by atoms with E-state index in [1.54, 1.807) is 36.4 Å². The zero-order valence-electron chi connectivity index (χ0n) is 26.0. The van der Waals surface area contributed by atoms with Gasteiger partial charge in [0.15, 0.2) is 0 Å². The Morgan fingerprint density at radius 1 is 0.978 bits per heavy atom. The minimum Gasteiger partial charge on any atom is -0.357 e. The van der Waals surface area contributed by atoms with Gasteiger partial charge in [0.1, 0.15) is 17.3 Å². The van der Waals surface area contributed by atoms with Crippen LogP contribution in [0.2, 0.25) is 5.02 Å². The van der Waals surface area contributed by atoms with Gasteiger partial charge in [-0.1, -0.05) is 79.1 Å². The Bertz CT molecular complexity index is 1300. The summed E-state index contributed by atoms with van der Waals surface area (Å²) in [5.41, 5.74) is 12.1. The zero-order valence-corrected chi connectivity index (χ0v) is 27.6. The molecule has 0 spiro atoms. The van der Waals surface area contributed by atoms with Crippen molar-refractivity contribution in [1.29, 1.82) is 0 Å². The summed E-state index contributed by atoms with van der Waals surface area (Å²) < 4.78 is 34.1. The quantitative estimate of drug-likeness (QED) is 0.246. The lowest BCUT2D eigenvalue weighted by Crippen LogP contribution is -2.39.